The van der Waals surface area contributed by atoms with Crippen LogP contribution in [-0.4, -0.2) is 16.8 Å². The molecule has 0 saturated heterocycles. The van der Waals surface area contributed by atoms with Crippen LogP contribution in [0.1, 0.15) is 31.9 Å². The van der Waals surface area contributed by atoms with Gasteiger partial charge in [0.25, 0.3) is 0 Å². The van der Waals surface area contributed by atoms with Crippen molar-refractivity contribution < 1.29 is 17.0 Å². The second-order valence-corrected chi connectivity index (χ2v) is 8.63. The Morgan fingerprint density at radius 2 is 1.55 bits per heavy atom. The molecular weight excluding hydrogens is 400 g/mol. The van der Waals surface area contributed by atoms with Gasteiger partial charge in [0, 0.05) is 23.4 Å². The van der Waals surface area contributed by atoms with Gasteiger partial charge >= 0.3 is 0 Å². The van der Waals surface area contributed by atoms with Crippen molar-refractivity contribution in [3.8, 4) is 0 Å². The van der Waals surface area contributed by atoms with Gasteiger partial charge in [-0.25, -0.2) is 0 Å². The second kappa shape index (κ2) is 7.86. The normalized spacial score (nSPS) is 14.9. The van der Waals surface area contributed by atoms with Crippen molar-refractivity contribution in [1.29, 1.82) is 0 Å². The molecular formula is C28H27ClN2. The fraction of sp³-hybridized carbons (Fsp3) is 0.179. The molecule has 0 amide bonds. The lowest BCUT2D eigenvalue weighted by Gasteiger charge is -2.17. The fourth-order valence-corrected chi connectivity index (χ4v) is 4.94. The van der Waals surface area contributed by atoms with E-state index in [0.29, 0.717) is 0 Å². The van der Waals surface area contributed by atoms with Crippen molar-refractivity contribution in [2.24, 2.45) is 0 Å². The number of nitrogen functional groups attached to an aromatic ring is 1. The number of hydrogen-bond donors (Lipinski definition) is 1. The van der Waals surface area contributed by atoms with Crippen LogP contribution in [0.15, 0.2) is 78.9 Å². The van der Waals surface area contributed by atoms with E-state index >= 15 is 0 Å². The summed E-state index contributed by atoms with van der Waals surface area (Å²) >= 11 is 0. The number of anilines is 1. The van der Waals surface area contributed by atoms with Gasteiger partial charge < -0.3 is 18.1 Å². The number of hydrogen-bond acceptors (Lipinski definition) is 1. The first-order chi connectivity index (χ1) is 14.5. The summed E-state index contributed by atoms with van der Waals surface area (Å²) in [5.74, 6) is 0. The summed E-state index contributed by atoms with van der Waals surface area (Å²) in [4.78, 5) is 0. The highest BCUT2D eigenvalue weighted by molar-refractivity contribution is 6.09. The smallest absolute Gasteiger partial charge is 0.210 e. The molecule has 4 aromatic rings. The van der Waals surface area contributed by atoms with Crippen LogP contribution in [0, 0.1) is 0 Å². The van der Waals surface area contributed by atoms with Gasteiger partial charge in [-0.3, -0.25) is 0 Å². The summed E-state index contributed by atoms with van der Waals surface area (Å²) in [5.41, 5.74) is 12.0. The number of benzene rings is 4. The Bertz CT molecular complexity index is 1360. The zero-order valence-corrected chi connectivity index (χ0v) is 18.9. The van der Waals surface area contributed by atoms with Crippen molar-refractivity contribution in [2.45, 2.75) is 26.2 Å². The molecule has 0 saturated carbocycles. The Hall–Kier alpha value is -3.10. The Labute approximate surface area is 190 Å². The van der Waals surface area contributed by atoms with E-state index in [0.717, 1.165) is 12.2 Å². The summed E-state index contributed by atoms with van der Waals surface area (Å²) < 4.78 is 2.46. The second-order valence-electron chi connectivity index (χ2n) is 8.63. The molecule has 0 unspecified atom stereocenters. The summed E-state index contributed by atoms with van der Waals surface area (Å²) in [6.07, 6.45) is 4.54. The Kier molecular flexibility index (Phi) is 5.36. The number of halogens is 1. The molecule has 0 spiro atoms. The van der Waals surface area contributed by atoms with Crippen LogP contribution >= 0.6 is 0 Å². The Balaban J connectivity index is 0.00000231. The monoisotopic (exact) mass is 426 g/mol. The topological polar surface area (TPSA) is 29.0 Å². The third kappa shape index (κ3) is 3.41. The molecule has 0 radical (unpaired) electrons. The van der Waals surface area contributed by atoms with Crippen LogP contribution in [0.25, 0.3) is 27.6 Å². The highest BCUT2D eigenvalue weighted by atomic mass is 35.5. The maximum absolute atomic E-state index is 5.92. The van der Waals surface area contributed by atoms with Gasteiger partial charge in [-0.2, -0.15) is 4.58 Å². The van der Waals surface area contributed by atoms with Crippen LogP contribution in [-0.2, 0) is 5.41 Å². The third-order valence-corrected chi connectivity index (χ3v) is 6.39. The number of rotatable bonds is 3. The van der Waals surface area contributed by atoms with Gasteiger partial charge in [-0.1, -0.05) is 42.5 Å². The van der Waals surface area contributed by atoms with Gasteiger partial charge in [0.05, 0.1) is 5.41 Å². The van der Waals surface area contributed by atoms with E-state index < -0.39 is 0 Å². The standard InChI is InChI=1S/C28H26N2.ClH/c1-4-30-25-15-13-20-7-5-6-8-24(20)27(25)28(2,3)26(30)16-10-19-9-11-22-18-23(29)14-12-21(22)17-19;/h5-18,29H,4H2,1-3H3;1H. The molecule has 2 N–H and O–H groups in total. The average molecular weight is 427 g/mol. The maximum atomic E-state index is 5.92. The highest BCUT2D eigenvalue weighted by Crippen LogP contribution is 2.44. The zero-order chi connectivity index (χ0) is 20.9. The number of allylic oxidation sites excluding steroid dienone is 1. The van der Waals surface area contributed by atoms with Crippen LogP contribution in [0.2, 0.25) is 0 Å². The molecule has 5 rings (SSSR count). The first-order valence-corrected chi connectivity index (χ1v) is 10.6. The predicted molar refractivity (Wildman–Crippen MR) is 130 cm³/mol. The molecule has 0 fully saturated rings. The van der Waals surface area contributed by atoms with Crippen LogP contribution in [0.4, 0.5) is 11.4 Å². The first kappa shape index (κ1) is 21.1. The molecule has 4 aromatic carbocycles. The van der Waals surface area contributed by atoms with Crippen molar-refractivity contribution >= 4 is 44.7 Å². The van der Waals surface area contributed by atoms with E-state index in [4.69, 9.17) is 5.73 Å². The molecule has 0 aliphatic carbocycles. The number of nitrogens with two attached hydrogens (primary N) is 1. The maximum Gasteiger partial charge on any atom is 0.210 e. The van der Waals surface area contributed by atoms with E-state index in [-0.39, 0.29) is 17.8 Å². The lowest BCUT2D eigenvalue weighted by molar-refractivity contribution is -0.433. The van der Waals surface area contributed by atoms with E-state index in [9.17, 15) is 0 Å². The highest BCUT2D eigenvalue weighted by Gasteiger charge is 2.44. The summed E-state index contributed by atoms with van der Waals surface area (Å²) in [6.45, 7) is 7.87. The van der Waals surface area contributed by atoms with Gasteiger partial charge in [-0.05, 0) is 78.2 Å². The third-order valence-electron chi connectivity index (χ3n) is 6.39. The molecule has 156 valence electrons. The van der Waals surface area contributed by atoms with Crippen LogP contribution in [0.5, 0.6) is 0 Å². The lowest BCUT2D eigenvalue weighted by atomic mass is 9.79. The van der Waals surface area contributed by atoms with Gasteiger partial charge in [0.15, 0.2) is 5.71 Å². The van der Waals surface area contributed by atoms with Crippen LogP contribution in [0.3, 0.4) is 0 Å². The van der Waals surface area contributed by atoms with Gasteiger partial charge in [-0.15, -0.1) is 0 Å². The van der Waals surface area contributed by atoms with Gasteiger partial charge in [0.2, 0.25) is 5.69 Å². The summed E-state index contributed by atoms with van der Waals surface area (Å²) in [7, 11) is 0. The number of nitrogens with zero attached hydrogens (tertiary/aromatic N) is 1. The Morgan fingerprint density at radius 3 is 2.35 bits per heavy atom. The predicted octanol–water partition coefficient (Wildman–Crippen LogP) is 3.69. The molecule has 3 heteroatoms. The lowest BCUT2D eigenvalue weighted by Crippen LogP contribution is -3.00. The van der Waals surface area contributed by atoms with E-state index in [1.54, 1.807) is 0 Å². The van der Waals surface area contributed by atoms with E-state index in [1.807, 2.05) is 12.1 Å². The average Bonchev–Trinajstić information content (AvgIpc) is 2.98. The van der Waals surface area contributed by atoms with Crippen LogP contribution < -0.4 is 18.1 Å². The molecule has 0 bridgehead atoms. The molecule has 2 nitrogen and oxygen atoms in total. The molecule has 0 aromatic heterocycles. The van der Waals surface area contributed by atoms with Crippen molar-refractivity contribution in [3.63, 3.8) is 0 Å². The molecule has 0 atom stereocenters. The largest absolute Gasteiger partial charge is 1.00 e. The van der Waals surface area contributed by atoms with Crippen molar-refractivity contribution in [1.82, 2.24) is 0 Å². The summed E-state index contributed by atoms with van der Waals surface area (Å²) in [6, 6.07) is 25.9. The minimum absolute atomic E-state index is 0. The minimum atomic E-state index is -0.0615. The fourth-order valence-electron chi connectivity index (χ4n) is 4.94. The minimum Gasteiger partial charge on any atom is -1.00 e. The molecule has 31 heavy (non-hydrogen) atoms. The quantitative estimate of drug-likeness (QED) is 0.393. The zero-order valence-electron chi connectivity index (χ0n) is 18.2. The summed E-state index contributed by atoms with van der Waals surface area (Å²) in [5, 5.41) is 5.04. The van der Waals surface area contributed by atoms with Gasteiger partial charge in [0.1, 0.15) is 6.54 Å². The SMILES string of the molecule is CC[N+]1=C(/C=C/c2ccc3cc(N)ccc3c2)C(C)(C)c2c1ccc1ccccc21.[Cl-]. The van der Waals surface area contributed by atoms with E-state index in [1.165, 1.54) is 44.1 Å². The van der Waals surface area contributed by atoms with E-state index in [2.05, 4.69) is 98.2 Å². The van der Waals surface area contributed by atoms with Crippen molar-refractivity contribution in [3.05, 3.63) is 90.0 Å². The molecule has 1 aliphatic heterocycles. The Morgan fingerprint density at radius 1 is 0.839 bits per heavy atom. The molecule has 1 heterocycles. The van der Waals surface area contributed by atoms with Crippen molar-refractivity contribution in [2.75, 3.05) is 12.3 Å². The first-order valence-electron chi connectivity index (χ1n) is 10.6. The molecule has 1 aliphatic rings. The number of fused-ring (bicyclic) bond motifs is 4.